The van der Waals surface area contributed by atoms with Gasteiger partial charge in [-0.2, -0.15) is 16.8 Å². The molecule has 0 aliphatic carbocycles. The predicted molar refractivity (Wildman–Crippen MR) is 202 cm³/mol. The van der Waals surface area contributed by atoms with Crippen molar-refractivity contribution in [2.24, 2.45) is 0 Å². The number of thioether (sulfide) groups is 1. The van der Waals surface area contributed by atoms with Crippen LogP contribution >= 0.6 is 23.1 Å². The highest BCUT2D eigenvalue weighted by molar-refractivity contribution is 8.23. The number of thiazole rings is 1. The van der Waals surface area contributed by atoms with Gasteiger partial charge in [0.1, 0.15) is 28.5 Å². The molecule has 2 aromatic heterocycles. The molecule has 0 bridgehead atoms. The van der Waals surface area contributed by atoms with E-state index in [1.54, 1.807) is 16.8 Å². The molecule has 4 heterocycles. The van der Waals surface area contributed by atoms with Crippen LogP contribution in [0.5, 0.6) is 0 Å². The number of anilines is 2. The Balaban J connectivity index is 1.60. The SMILES string of the molecule is CN1C(=CC=c2o/c(=c3/s/c(=C4/SC(=O)N(CC(=O)O)C4=O)n(CC(=O)O)c3=O)n(CCS(=O)(=O)O)c2=O)N(CCCS(=O)(=O)O)c2ccc3ccccc3c21. The third-order valence-electron chi connectivity index (χ3n) is 8.48. The molecule has 20 nitrogen and oxygen atoms in total. The third-order valence-corrected chi connectivity index (χ3v) is 12.3. The Bertz CT molecular complexity index is 2960. The molecule has 56 heavy (non-hydrogen) atoms. The predicted octanol–water partition coefficient (Wildman–Crippen LogP) is -0.179. The Kier molecular flexibility index (Phi) is 10.9. The maximum Gasteiger partial charge on any atom is 0.323 e. The zero-order valence-electron chi connectivity index (χ0n) is 28.7. The molecular weight excluding hydrogens is 823 g/mol. The van der Waals surface area contributed by atoms with Crippen LogP contribution in [0.2, 0.25) is 0 Å². The van der Waals surface area contributed by atoms with Crippen LogP contribution < -0.4 is 31.0 Å². The highest BCUT2D eigenvalue weighted by atomic mass is 32.2. The first-order chi connectivity index (χ1) is 26.3. The zero-order valence-corrected chi connectivity index (χ0v) is 32.0. The van der Waals surface area contributed by atoms with Crippen molar-refractivity contribution in [1.82, 2.24) is 14.0 Å². The first-order valence-electron chi connectivity index (χ1n) is 16.1. The maximum atomic E-state index is 13.8. The summed E-state index contributed by atoms with van der Waals surface area (Å²) in [5.41, 5.74) is -1.80. The van der Waals surface area contributed by atoms with Crippen LogP contribution in [0.1, 0.15) is 6.42 Å². The van der Waals surface area contributed by atoms with Gasteiger partial charge in [0, 0.05) is 25.5 Å². The Morgan fingerprint density at radius 3 is 2.16 bits per heavy atom. The maximum absolute atomic E-state index is 13.8. The van der Waals surface area contributed by atoms with E-state index in [4.69, 9.17) is 9.52 Å². The normalized spacial score (nSPS) is 17.5. The lowest BCUT2D eigenvalue weighted by molar-refractivity contribution is -0.140. The number of nitrogens with zero attached hydrogens (tertiary/aromatic N) is 5. The molecule has 2 amide bonds. The van der Waals surface area contributed by atoms with Crippen LogP contribution in [0.25, 0.3) is 21.8 Å². The summed E-state index contributed by atoms with van der Waals surface area (Å²) in [6, 6.07) is 11.1. The number of allylic oxidation sites excluding steroid dienone is 1. The Hall–Kier alpha value is -5.53. The number of carboxylic acids is 2. The molecule has 0 unspecified atom stereocenters. The topological polar surface area (TPSA) is 284 Å². The average Bonchev–Trinajstić information content (AvgIpc) is 3.77. The van der Waals surface area contributed by atoms with Gasteiger partial charge >= 0.3 is 11.9 Å². The molecule has 2 aliphatic rings. The van der Waals surface area contributed by atoms with E-state index in [0.717, 1.165) is 16.5 Å². The number of aromatic nitrogens is 2. The average molecular weight is 852 g/mol. The molecule has 1 fully saturated rings. The van der Waals surface area contributed by atoms with Gasteiger partial charge in [-0.25, -0.2) is 0 Å². The Morgan fingerprint density at radius 2 is 1.50 bits per heavy atom. The number of imide groups is 1. The van der Waals surface area contributed by atoms with Gasteiger partial charge in [0.2, 0.25) is 5.55 Å². The minimum Gasteiger partial charge on any atom is -0.480 e. The molecule has 2 aliphatic heterocycles. The largest absolute Gasteiger partial charge is 0.480 e. The molecule has 2 aromatic carbocycles. The number of carbonyl (C=O) groups is 4. The molecule has 0 radical (unpaired) electrons. The number of hydrogen-bond donors (Lipinski definition) is 4. The lowest BCUT2D eigenvalue weighted by Gasteiger charge is -2.22. The van der Waals surface area contributed by atoms with Crippen molar-refractivity contribution in [1.29, 1.82) is 0 Å². The van der Waals surface area contributed by atoms with Crippen molar-refractivity contribution in [3.8, 4) is 0 Å². The number of rotatable bonds is 12. The Morgan fingerprint density at radius 1 is 0.821 bits per heavy atom. The first-order valence-corrected chi connectivity index (χ1v) is 20.9. The summed E-state index contributed by atoms with van der Waals surface area (Å²) in [4.78, 5) is 79.8. The van der Waals surface area contributed by atoms with Crippen molar-refractivity contribution in [2.45, 2.75) is 19.5 Å². The molecule has 4 aromatic rings. The number of carbonyl (C=O) groups excluding carboxylic acids is 2. The summed E-state index contributed by atoms with van der Waals surface area (Å²) in [5.74, 6) is -5.39. The first kappa shape index (κ1) is 40.1. The molecule has 296 valence electrons. The smallest absolute Gasteiger partial charge is 0.323 e. The summed E-state index contributed by atoms with van der Waals surface area (Å²) in [6.07, 6.45) is 2.63. The minimum atomic E-state index is -4.71. The summed E-state index contributed by atoms with van der Waals surface area (Å²) >= 11 is 0.677. The van der Waals surface area contributed by atoms with Crippen molar-refractivity contribution < 1.29 is 59.7 Å². The second-order valence-electron chi connectivity index (χ2n) is 12.2. The van der Waals surface area contributed by atoms with E-state index in [1.807, 2.05) is 36.4 Å². The molecule has 4 N–H and O–H groups in total. The van der Waals surface area contributed by atoms with Gasteiger partial charge in [-0.05, 0) is 41.8 Å². The zero-order chi connectivity index (χ0) is 40.9. The van der Waals surface area contributed by atoms with E-state index in [1.165, 1.54) is 12.2 Å². The van der Waals surface area contributed by atoms with Crippen LogP contribution in [0.3, 0.4) is 0 Å². The molecule has 0 atom stereocenters. The number of benzene rings is 2. The van der Waals surface area contributed by atoms with E-state index in [9.17, 15) is 59.8 Å². The standard InChI is InChI=1S/C32H29N5O15S4/c1-33-21(34(11-4-13-55(46,47)48)19-8-7-17-5-2-3-6-18(17)24(19)33)10-9-20-27(42)35(12-14-56(49,50)51)30(52-20)25-28(43)36(15-22(38)39)31(53-25)26-29(44)37(16-23(40)41)32(45)54-26/h2-3,5-10H,4,11-16H2,1H3,(H,38,39)(H,40,41)(H,46,47,48)(H,49,50,51)/b20-9?,21-10?,30-25+,31-26+. The van der Waals surface area contributed by atoms with Gasteiger partial charge in [0.25, 0.3) is 42.5 Å². The fourth-order valence-electron chi connectivity index (χ4n) is 6.13. The molecule has 0 saturated carbocycles. The lowest BCUT2D eigenvalue weighted by atomic mass is 10.1. The van der Waals surface area contributed by atoms with Gasteiger partial charge in [0.15, 0.2) is 9.95 Å². The molecular formula is C32H29N5O15S4. The summed E-state index contributed by atoms with van der Waals surface area (Å²) in [5, 5.41) is 19.5. The summed E-state index contributed by atoms with van der Waals surface area (Å²) in [7, 11) is -7.30. The second kappa shape index (κ2) is 15.2. The van der Waals surface area contributed by atoms with Crippen LogP contribution in [0.4, 0.5) is 16.2 Å². The minimum absolute atomic E-state index is 0.00753. The third kappa shape index (κ3) is 8.05. The van der Waals surface area contributed by atoms with E-state index in [-0.39, 0.29) is 29.4 Å². The van der Waals surface area contributed by atoms with E-state index < -0.39 is 106 Å². The van der Waals surface area contributed by atoms with E-state index in [0.29, 0.717) is 36.9 Å². The Labute approximate surface area is 322 Å². The molecule has 6 rings (SSSR count). The fraction of sp³-hybridized carbons (Fsp3) is 0.250. The van der Waals surface area contributed by atoms with E-state index >= 15 is 0 Å². The number of amides is 2. The number of aliphatic carboxylic acids is 2. The number of oxazole rings is 1. The van der Waals surface area contributed by atoms with Gasteiger partial charge in [0.05, 0.1) is 22.9 Å². The number of hydrogen-bond acceptors (Lipinski definition) is 15. The highest BCUT2D eigenvalue weighted by Crippen LogP contribution is 2.45. The number of fused-ring (bicyclic) bond motifs is 3. The van der Waals surface area contributed by atoms with Crippen LogP contribution in [0, 0.1) is 10.1 Å². The molecule has 24 heteroatoms. The van der Waals surface area contributed by atoms with Gasteiger partial charge < -0.3 is 24.4 Å². The van der Waals surface area contributed by atoms with Crippen LogP contribution in [0.15, 0.2) is 62.3 Å². The van der Waals surface area contributed by atoms with Crippen LogP contribution in [-0.4, -0.2) is 105 Å². The fourth-order valence-corrected chi connectivity index (χ4v) is 9.18. The van der Waals surface area contributed by atoms with Gasteiger partial charge in [-0.3, -0.25) is 51.9 Å². The second-order valence-corrected chi connectivity index (χ2v) is 17.3. The van der Waals surface area contributed by atoms with Crippen molar-refractivity contribution in [3.63, 3.8) is 0 Å². The van der Waals surface area contributed by atoms with Gasteiger partial charge in [-0.1, -0.05) is 30.3 Å². The van der Waals surface area contributed by atoms with Crippen LogP contribution in [-0.2, 0) is 47.7 Å². The van der Waals surface area contributed by atoms with E-state index in [2.05, 4.69) is 0 Å². The quantitative estimate of drug-likeness (QED) is 0.135. The molecule has 1 saturated heterocycles. The van der Waals surface area contributed by atoms with Crippen molar-refractivity contribution in [3.05, 3.63) is 89.2 Å². The summed E-state index contributed by atoms with van der Waals surface area (Å²) in [6.45, 7) is -2.75. The van der Waals surface area contributed by atoms with Crippen molar-refractivity contribution in [2.75, 3.05) is 41.4 Å². The monoisotopic (exact) mass is 851 g/mol. The lowest BCUT2D eigenvalue weighted by Crippen LogP contribution is -2.35. The molecule has 0 spiro atoms. The van der Waals surface area contributed by atoms with Gasteiger partial charge in [-0.15, -0.1) is 11.3 Å². The highest BCUT2D eigenvalue weighted by Gasteiger charge is 2.38. The number of carboxylic acid groups (broad SMARTS) is 2. The van der Waals surface area contributed by atoms with Crippen molar-refractivity contribution >= 4 is 99.5 Å². The summed E-state index contributed by atoms with van der Waals surface area (Å²) < 4.78 is 71.7.